The molecule has 1 atom stereocenters. The van der Waals surface area contributed by atoms with Crippen LogP contribution in [0.2, 0.25) is 0 Å². The maximum absolute atomic E-state index is 10.8. The number of benzene rings is 2. The summed E-state index contributed by atoms with van der Waals surface area (Å²) in [4.78, 5) is 12.7. The molecular weight excluding hydrogens is 314 g/mol. The van der Waals surface area contributed by atoms with Crippen molar-refractivity contribution in [3.63, 3.8) is 0 Å². The first-order valence-electron chi connectivity index (χ1n) is 8.71. The van der Waals surface area contributed by atoms with Crippen LogP contribution < -0.4 is 0 Å². The third-order valence-electron chi connectivity index (χ3n) is 4.92. The van der Waals surface area contributed by atoms with E-state index in [1.807, 2.05) is 18.0 Å². The zero-order valence-corrected chi connectivity index (χ0v) is 14.9. The number of carboxylic acids is 1. The quantitative estimate of drug-likeness (QED) is 0.838. The van der Waals surface area contributed by atoms with Crippen molar-refractivity contribution in [3.8, 4) is 0 Å². The topological polar surface area (TPSA) is 49.8 Å². The van der Waals surface area contributed by atoms with E-state index in [0.717, 1.165) is 19.4 Å². The lowest BCUT2D eigenvalue weighted by Gasteiger charge is -2.31. The maximum Gasteiger partial charge on any atom is 0.317 e. The summed E-state index contributed by atoms with van der Waals surface area (Å²) < 4.78 is 6.37. The molecule has 1 aliphatic heterocycles. The van der Waals surface area contributed by atoms with Gasteiger partial charge in [0, 0.05) is 0 Å². The van der Waals surface area contributed by atoms with Gasteiger partial charge in [0.05, 0.1) is 13.2 Å². The van der Waals surface area contributed by atoms with E-state index in [4.69, 9.17) is 9.84 Å². The van der Waals surface area contributed by atoms with Gasteiger partial charge in [0.2, 0.25) is 0 Å². The largest absolute Gasteiger partial charge is 0.480 e. The molecule has 0 radical (unpaired) electrons. The second kappa shape index (κ2) is 7.38. The van der Waals surface area contributed by atoms with Gasteiger partial charge in [0.1, 0.15) is 5.60 Å². The molecule has 0 aliphatic carbocycles. The first kappa shape index (κ1) is 17.6. The lowest BCUT2D eigenvalue weighted by Crippen LogP contribution is -2.31. The summed E-state index contributed by atoms with van der Waals surface area (Å²) >= 11 is 0. The lowest BCUT2D eigenvalue weighted by molar-refractivity contribution is -0.138. The summed E-state index contributed by atoms with van der Waals surface area (Å²) in [6.07, 6.45) is 1.70. The van der Waals surface area contributed by atoms with E-state index < -0.39 is 11.6 Å². The molecule has 0 spiro atoms. The van der Waals surface area contributed by atoms with Gasteiger partial charge in [-0.25, -0.2) is 0 Å². The summed E-state index contributed by atoms with van der Waals surface area (Å²) in [5.74, 6) is -0.793. The number of likely N-dealkylation sites (N-methyl/N-ethyl adjacent to an activating group) is 1. The maximum atomic E-state index is 10.8. The highest BCUT2D eigenvalue weighted by Gasteiger charge is 2.41. The predicted molar refractivity (Wildman–Crippen MR) is 97.6 cm³/mol. The summed E-state index contributed by atoms with van der Waals surface area (Å²) in [7, 11) is 1.84. The molecule has 1 unspecified atom stereocenters. The SMILES string of the molecule is Cc1ccc(C2(CCCN(C)CC(=O)O)OCc3ccccc32)cc1. The number of aliphatic carboxylic acids is 1. The molecule has 3 rings (SSSR count). The monoisotopic (exact) mass is 339 g/mol. The normalized spacial score (nSPS) is 19.2. The standard InChI is InChI=1S/C21H25NO3/c1-16-8-10-18(11-9-16)21(12-5-13-22(2)14-20(23)24)19-7-4-3-6-17(19)15-25-21/h3-4,6-11H,5,12-15H2,1-2H3,(H,23,24). The van der Waals surface area contributed by atoms with Crippen LogP contribution in [0.1, 0.15) is 35.1 Å². The zero-order valence-electron chi connectivity index (χ0n) is 14.9. The van der Waals surface area contributed by atoms with Gasteiger partial charge in [-0.3, -0.25) is 9.69 Å². The zero-order chi connectivity index (χ0) is 17.9. The van der Waals surface area contributed by atoms with Gasteiger partial charge in [-0.2, -0.15) is 0 Å². The Balaban J connectivity index is 1.84. The molecule has 4 heteroatoms. The smallest absolute Gasteiger partial charge is 0.317 e. The number of aryl methyl sites for hydroxylation is 1. The minimum atomic E-state index is -0.793. The summed E-state index contributed by atoms with van der Waals surface area (Å²) in [6.45, 7) is 3.50. The van der Waals surface area contributed by atoms with Gasteiger partial charge in [-0.1, -0.05) is 54.1 Å². The fourth-order valence-electron chi connectivity index (χ4n) is 3.64. The number of carboxylic acid groups (broad SMARTS) is 1. The molecule has 0 saturated carbocycles. The van der Waals surface area contributed by atoms with Crippen LogP contribution >= 0.6 is 0 Å². The van der Waals surface area contributed by atoms with Crippen molar-refractivity contribution >= 4 is 5.97 Å². The van der Waals surface area contributed by atoms with Gasteiger partial charge in [-0.15, -0.1) is 0 Å². The lowest BCUT2D eigenvalue weighted by atomic mass is 9.82. The Morgan fingerprint density at radius 3 is 2.64 bits per heavy atom. The number of rotatable bonds is 7. The van der Waals surface area contributed by atoms with Crippen LogP contribution in [0.25, 0.3) is 0 Å². The van der Waals surface area contributed by atoms with Crippen LogP contribution in [-0.2, 0) is 21.7 Å². The molecule has 0 fully saturated rings. The van der Waals surface area contributed by atoms with Crippen LogP contribution in [0.4, 0.5) is 0 Å². The van der Waals surface area contributed by atoms with E-state index in [2.05, 4.69) is 49.4 Å². The minimum Gasteiger partial charge on any atom is -0.480 e. The summed E-state index contributed by atoms with van der Waals surface area (Å²) in [6, 6.07) is 16.9. The first-order valence-corrected chi connectivity index (χ1v) is 8.71. The van der Waals surface area contributed by atoms with E-state index in [1.54, 1.807) is 0 Å². The Labute approximate surface area is 149 Å². The highest BCUT2D eigenvalue weighted by Crippen LogP contribution is 2.45. The van der Waals surface area contributed by atoms with Crippen LogP contribution in [-0.4, -0.2) is 36.1 Å². The molecule has 132 valence electrons. The highest BCUT2D eigenvalue weighted by atomic mass is 16.5. The van der Waals surface area contributed by atoms with Crippen LogP contribution in [0.3, 0.4) is 0 Å². The average molecular weight is 339 g/mol. The number of nitrogens with zero attached hydrogens (tertiary/aromatic N) is 1. The molecule has 1 heterocycles. The Bertz CT molecular complexity index is 741. The predicted octanol–water partition coefficient (Wildman–Crippen LogP) is 3.57. The molecule has 2 aromatic carbocycles. The molecule has 1 N–H and O–H groups in total. The van der Waals surface area contributed by atoms with Crippen molar-refractivity contribution < 1.29 is 14.6 Å². The van der Waals surface area contributed by atoms with Crippen molar-refractivity contribution in [1.82, 2.24) is 4.90 Å². The number of ether oxygens (including phenoxy) is 1. The molecule has 0 saturated heterocycles. The van der Waals surface area contributed by atoms with Crippen molar-refractivity contribution in [3.05, 3.63) is 70.8 Å². The van der Waals surface area contributed by atoms with Crippen LogP contribution in [0, 0.1) is 6.92 Å². The van der Waals surface area contributed by atoms with Crippen molar-refractivity contribution in [2.45, 2.75) is 32.0 Å². The molecule has 4 nitrogen and oxygen atoms in total. The molecule has 0 amide bonds. The summed E-state index contributed by atoms with van der Waals surface area (Å²) in [5.41, 5.74) is 4.44. The van der Waals surface area contributed by atoms with Crippen molar-refractivity contribution in [2.24, 2.45) is 0 Å². The molecular formula is C21H25NO3. The third-order valence-corrected chi connectivity index (χ3v) is 4.92. The van der Waals surface area contributed by atoms with Gasteiger partial charge in [-0.05, 0) is 50.0 Å². The van der Waals surface area contributed by atoms with Crippen molar-refractivity contribution in [2.75, 3.05) is 20.1 Å². The Hall–Kier alpha value is -2.17. The van der Waals surface area contributed by atoms with Crippen molar-refractivity contribution in [1.29, 1.82) is 0 Å². The molecule has 0 aromatic heterocycles. The van der Waals surface area contributed by atoms with E-state index in [1.165, 1.54) is 22.3 Å². The van der Waals surface area contributed by atoms with E-state index in [9.17, 15) is 4.79 Å². The van der Waals surface area contributed by atoms with E-state index in [-0.39, 0.29) is 6.54 Å². The van der Waals surface area contributed by atoms with Crippen LogP contribution in [0.15, 0.2) is 48.5 Å². The van der Waals surface area contributed by atoms with E-state index in [0.29, 0.717) is 6.61 Å². The number of hydrogen-bond acceptors (Lipinski definition) is 3. The average Bonchev–Trinajstić information content (AvgIpc) is 2.95. The Morgan fingerprint density at radius 2 is 1.92 bits per heavy atom. The Kier molecular flexibility index (Phi) is 5.21. The number of carbonyl (C=O) groups is 1. The molecule has 2 aromatic rings. The van der Waals surface area contributed by atoms with Gasteiger partial charge < -0.3 is 9.84 Å². The van der Waals surface area contributed by atoms with Gasteiger partial charge in [0.15, 0.2) is 0 Å². The van der Waals surface area contributed by atoms with E-state index >= 15 is 0 Å². The fraction of sp³-hybridized carbons (Fsp3) is 0.381. The molecule has 25 heavy (non-hydrogen) atoms. The number of hydrogen-bond donors (Lipinski definition) is 1. The van der Waals surface area contributed by atoms with Gasteiger partial charge in [0.25, 0.3) is 0 Å². The molecule has 0 bridgehead atoms. The third kappa shape index (κ3) is 3.75. The first-order chi connectivity index (χ1) is 12.0. The second-order valence-electron chi connectivity index (χ2n) is 6.87. The minimum absolute atomic E-state index is 0.0645. The summed E-state index contributed by atoms with van der Waals surface area (Å²) in [5, 5.41) is 8.91. The van der Waals surface area contributed by atoms with Gasteiger partial charge >= 0.3 is 5.97 Å². The molecule has 1 aliphatic rings. The Morgan fingerprint density at radius 1 is 1.20 bits per heavy atom. The number of fused-ring (bicyclic) bond motifs is 1. The van der Waals surface area contributed by atoms with Crippen LogP contribution in [0.5, 0.6) is 0 Å². The second-order valence-corrected chi connectivity index (χ2v) is 6.87. The highest BCUT2D eigenvalue weighted by molar-refractivity contribution is 5.69. The fourth-order valence-corrected chi connectivity index (χ4v) is 3.64.